The van der Waals surface area contributed by atoms with Gasteiger partial charge in [-0.15, -0.1) is 0 Å². The minimum absolute atomic E-state index is 0.0287. The predicted octanol–water partition coefficient (Wildman–Crippen LogP) is 3.58. The summed E-state index contributed by atoms with van der Waals surface area (Å²) in [5.41, 5.74) is 5.33. The average Bonchev–Trinajstić information content (AvgIpc) is 3.62. The van der Waals surface area contributed by atoms with E-state index in [1.54, 1.807) is 0 Å². The number of ether oxygens (including phenoxy) is 2. The molecule has 1 atom stereocenters. The lowest BCUT2D eigenvalue weighted by Gasteiger charge is -2.18. The Morgan fingerprint density at radius 1 is 1.15 bits per heavy atom. The standard InChI is InChI=1S/C24H23F4N5O5S/c25-13-4-5-14(15(26)8-13)19(22(35)33-39-30)31-21(34)20-18(9-29)37-23(32-20)12-3-6-16(38-24(27)28)17(7-12)36-10-11-1-2-11/h3-8,11,19,24H,1-2,9-10,29-30H2,(H,31,34)(H,33,35). The summed E-state index contributed by atoms with van der Waals surface area (Å²) >= 11 is 0.419. The molecule has 10 nitrogen and oxygen atoms in total. The molecule has 2 amide bonds. The van der Waals surface area contributed by atoms with E-state index in [4.69, 9.17) is 20.0 Å². The van der Waals surface area contributed by atoms with Gasteiger partial charge >= 0.3 is 6.61 Å². The van der Waals surface area contributed by atoms with Crippen molar-refractivity contribution in [3.05, 3.63) is 65.1 Å². The SMILES string of the molecule is NCc1oc(-c2ccc(OC(F)F)c(OCC3CC3)c2)nc1C(=O)NC(C(=O)NSN)c1ccc(F)cc1F. The molecule has 0 bridgehead atoms. The molecule has 1 heterocycles. The summed E-state index contributed by atoms with van der Waals surface area (Å²) in [5.74, 6) is -3.84. The van der Waals surface area contributed by atoms with E-state index in [9.17, 15) is 27.2 Å². The Bertz CT molecular complexity index is 1350. The summed E-state index contributed by atoms with van der Waals surface area (Å²) < 4.78 is 71.6. The van der Waals surface area contributed by atoms with E-state index in [-0.39, 0.29) is 46.5 Å². The molecule has 1 aromatic heterocycles. The number of oxazole rings is 1. The maximum absolute atomic E-state index is 14.5. The third kappa shape index (κ3) is 6.99. The van der Waals surface area contributed by atoms with Crippen molar-refractivity contribution in [3.63, 3.8) is 0 Å². The molecule has 0 spiro atoms. The van der Waals surface area contributed by atoms with Crippen molar-refractivity contribution >= 4 is 23.9 Å². The fraction of sp³-hybridized carbons (Fsp3) is 0.292. The van der Waals surface area contributed by atoms with Crippen LogP contribution in [0, 0.1) is 17.6 Å². The number of carbonyl (C=O) groups is 2. The molecule has 1 aliphatic carbocycles. The van der Waals surface area contributed by atoms with E-state index < -0.39 is 36.1 Å². The number of aromatic nitrogens is 1. The molecule has 1 fully saturated rings. The number of hydrogen-bond donors (Lipinski definition) is 4. The number of nitrogens with zero attached hydrogens (tertiary/aromatic N) is 1. The molecular formula is C24H23F4N5O5S. The highest BCUT2D eigenvalue weighted by Gasteiger charge is 2.30. The Labute approximate surface area is 223 Å². The van der Waals surface area contributed by atoms with E-state index >= 15 is 0 Å². The Kier molecular flexibility index (Phi) is 8.93. The molecule has 15 heteroatoms. The first-order valence-electron chi connectivity index (χ1n) is 11.5. The third-order valence-electron chi connectivity index (χ3n) is 5.65. The fourth-order valence-electron chi connectivity index (χ4n) is 3.57. The van der Waals surface area contributed by atoms with Gasteiger partial charge in [-0.05, 0) is 43.0 Å². The number of alkyl halides is 2. The van der Waals surface area contributed by atoms with Gasteiger partial charge < -0.3 is 24.9 Å². The van der Waals surface area contributed by atoms with Crippen LogP contribution < -0.4 is 30.4 Å². The number of nitrogens with one attached hydrogen (secondary N) is 2. The third-order valence-corrected chi connectivity index (χ3v) is 5.97. The van der Waals surface area contributed by atoms with Crippen LogP contribution in [-0.4, -0.2) is 30.0 Å². The molecule has 2 aromatic carbocycles. The molecule has 1 saturated carbocycles. The first-order valence-corrected chi connectivity index (χ1v) is 12.4. The lowest BCUT2D eigenvalue weighted by molar-refractivity contribution is -0.121. The normalized spacial score (nSPS) is 13.7. The zero-order valence-corrected chi connectivity index (χ0v) is 20.9. The molecule has 0 aliphatic heterocycles. The van der Waals surface area contributed by atoms with Gasteiger partial charge in [0.25, 0.3) is 11.8 Å². The summed E-state index contributed by atoms with van der Waals surface area (Å²) in [5, 5.41) is 7.59. The molecule has 1 unspecified atom stereocenters. The van der Waals surface area contributed by atoms with E-state index in [2.05, 4.69) is 19.8 Å². The van der Waals surface area contributed by atoms with Crippen molar-refractivity contribution in [2.75, 3.05) is 6.61 Å². The lowest BCUT2D eigenvalue weighted by atomic mass is 10.1. The molecule has 0 radical (unpaired) electrons. The van der Waals surface area contributed by atoms with E-state index in [0.29, 0.717) is 30.7 Å². The van der Waals surface area contributed by atoms with Gasteiger partial charge in [-0.25, -0.2) is 13.8 Å². The molecule has 1 aliphatic rings. The van der Waals surface area contributed by atoms with Gasteiger partial charge in [-0.2, -0.15) is 8.78 Å². The highest BCUT2D eigenvalue weighted by molar-refractivity contribution is 7.95. The summed E-state index contributed by atoms with van der Waals surface area (Å²) in [6, 6.07) is 4.85. The summed E-state index contributed by atoms with van der Waals surface area (Å²) in [6.07, 6.45) is 1.93. The van der Waals surface area contributed by atoms with Gasteiger partial charge in [0.15, 0.2) is 23.0 Å². The smallest absolute Gasteiger partial charge is 0.387 e. The van der Waals surface area contributed by atoms with Gasteiger partial charge in [0, 0.05) is 29.3 Å². The Balaban J connectivity index is 1.63. The lowest BCUT2D eigenvalue weighted by Crippen LogP contribution is -2.39. The number of amides is 2. The summed E-state index contributed by atoms with van der Waals surface area (Å²) in [7, 11) is 0. The van der Waals surface area contributed by atoms with Crippen molar-refractivity contribution in [1.82, 2.24) is 15.0 Å². The molecule has 208 valence electrons. The number of nitrogens with two attached hydrogens (primary N) is 2. The van der Waals surface area contributed by atoms with Gasteiger partial charge in [-0.1, -0.05) is 6.07 Å². The zero-order valence-electron chi connectivity index (χ0n) is 20.1. The molecule has 4 rings (SSSR count). The predicted molar refractivity (Wildman–Crippen MR) is 131 cm³/mol. The first-order chi connectivity index (χ1) is 18.7. The van der Waals surface area contributed by atoms with Crippen molar-refractivity contribution in [3.8, 4) is 23.0 Å². The van der Waals surface area contributed by atoms with Gasteiger partial charge in [0.05, 0.1) is 13.2 Å². The van der Waals surface area contributed by atoms with Crippen molar-refractivity contribution < 1.29 is 41.0 Å². The van der Waals surface area contributed by atoms with Gasteiger partial charge in [0.1, 0.15) is 17.7 Å². The summed E-state index contributed by atoms with van der Waals surface area (Å²) in [4.78, 5) is 29.8. The summed E-state index contributed by atoms with van der Waals surface area (Å²) in [6.45, 7) is -3.05. The molecule has 39 heavy (non-hydrogen) atoms. The second-order valence-electron chi connectivity index (χ2n) is 8.45. The van der Waals surface area contributed by atoms with Crippen LogP contribution in [0.15, 0.2) is 40.8 Å². The van der Waals surface area contributed by atoms with Crippen molar-refractivity contribution in [1.29, 1.82) is 0 Å². The monoisotopic (exact) mass is 569 g/mol. The Morgan fingerprint density at radius 3 is 2.56 bits per heavy atom. The average molecular weight is 570 g/mol. The van der Waals surface area contributed by atoms with Gasteiger partial charge in [0.2, 0.25) is 5.89 Å². The minimum atomic E-state index is -3.08. The minimum Gasteiger partial charge on any atom is -0.489 e. The zero-order chi connectivity index (χ0) is 28.1. The van der Waals surface area contributed by atoms with Crippen LogP contribution in [0.3, 0.4) is 0 Å². The Hall–Kier alpha value is -3.82. The second kappa shape index (κ2) is 12.4. The van der Waals surface area contributed by atoms with E-state index in [0.717, 1.165) is 25.0 Å². The Morgan fingerprint density at radius 2 is 1.92 bits per heavy atom. The van der Waals surface area contributed by atoms with E-state index in [1.807, 2.05) is 0 Å². The molecule has 6 N–H and O–H groups in total. The van der Waals surface area contributed by atoms with Crippen molar-refractivity contribution in [2.45, 2.75) is 32.0 Å². The number of rotatable bonds is 12. The quantitative estimate of drug-likeness (QED) is 0.189. The molecule has 0 saturated heterocycles. The fourth-order valence-corrected chi connectivity index (χ4v) is 3.80. The molecule has 3 aromatic rings. The van der Waals surface area contributed by atoms with Crippen LogP contribution in [0.25, 0.3) is 11.5 Å². The van der Waals surface area contributed by atoms with Crippen LogP contribution >= 0.6 is 12.1 Å². The number of carbonyl (C=O) groups excluding carboxylic acids is 2. The van der Waals surface area contributed by atoms with Gasteiger partial charge in [-0.3, -0.25) is 19.5 Å². The topological polar surface area (TPSA) is 155 Å². The van der Waals surface area contributed by atoms with Crippen LogP contribution in [0.5, 0.6) is 11.5 Å². The maximum Gasteiger partial charge on any atom is 0.387 e. The number of hydrogen-bond acceptors (Lipinski definition) is 9. The maximum atomic E-state index is 14.5. The van der Waals surface area contributed by atoms with E-state index in [1.165, 1.54) is 18.2 Å². The number of benzene rings is 2. The van der Waals surface area contributed by atoms with Crippen molar-refractivity contribution in [2.24, 2.45) is 16.8 Å². The van der Waals surface area contributed by atoms with Crippen LogP contribution in [0.4, 0.5) is 17.6 Å². The van der Waals surface area contributed by atoms with Crippen LogP contribution in [0.2, 0.25) is 0 Å². The largest absolute Gasteiger partial charge is 0.489 e. The first kappa shape index (κ1) is 28.2. The van der Waals surface area contributed by atoms with Crippen LogP contribution in [0.1, 0.15) is 40.7 Å². The highest BCUT2D eigenvalue weighted by Crippen LogP contribution is 2.36. The number of halogens is 4. The molecular weight excluding hydrogens is 546 g/mol. The van der Waals surface area contributed by atoms with Crippen LogP contribution in [-0.2, 0) is 11.3 Å². The second-order valence-corrected chi connectivity index (χ2v) is 8.89. The highest BCUT2D eigenvalue weighted by atomic mass is 32.2.